The van der Waals surface area contributed by atoms with Crippen LogP contribution in [0.4, 0.5) is 0 Å². The van der Waals surface area contributed by atoms with Crippen molar-refractivity contribution in [1.82, 2.24) is 14.8 Å². The van der Waals surface area contributed by atoms with E-state index >= 15 is 0 Å². The fourth-order valence-electron chi connectivity index (χ4n) is 1.65. The molecule has 0 saturated heterocycles. The van der Waals surface area contributed by atoms with Crippen LogP contribution in [0.5, 0.6) is 0 Å². The molecule has 1 heterocycles. The summed E-state index contributed by atoms with van der Waals surface area (Å²) in [6, 6.07) is 8.21. The van der Waals surface area contributed by atoms with Crippen molar-refractivity contribution in [3.8, 4) is 0 Å². The van der Waals surface area contributed by atoms with Crippen molar-refractivity contribution in [3.63, 3.8) is 0 Å². The van der Waals surface area contributed by atoms with Gasteiger partial charge in [0.15, 0.2) is 0 Å². The number of aromatic nitrogens is 3. The quantitative estimate of drug-likeness (QED) is 0.819. The molecule has 0 atom stereocenters. The van der Waals surface area contributed by atoms with Gasteiger partial charge in [-0.3, -0.25) is 0 Å². The van der Waals surface area contributed by atoms with E-state index in [0.29, 0.717) is 6.04 Å². The summed E-state index contributed by atoms with van der Waals surface area (Å²) in [6.07, 6.45) is 2.53. The number of benzene rings is 1. The molecule has 0 N–H and O–H groups in total. The molecule has 4 heteroatoms. The van der Waals surface area contributed by atoms with Crippen molar-refractivity contribution in [2.45, 2.75) is 26.3 Å². The number of hydrogen-bond donors (Lipinski definition) is 0. The van der Waals surface area contributed by atoms with Gasteiger partial charge < -0.3 is 4.57 Å². The molecule has 0 amide bonds. The number of hydrogen-bond acceptors (Lipinski definition) is 2. The summed E-state index contributed by atoms with van der Waals surface area (Å²) in [5, 5.41) is 8.83. The third kappa shape index (κ3) is 2.42. The van der Waals surface area contributed by atoms with E-state index in [9.17, 15) is 0 Å². The molecule has 84 valence electrons. The van der Waals surface area contributed by atoms with Gasteiger partial charge in [-0.2, -0.15) is 0 Å². The van der Waals surface area contributed by atoms with Crippen LogP contribution in [0.2, 0.25) is 5.02 Å². The maximum atomic E-state index is 5.94. The summed E-state index contributed by atoms with van der Waals surface area (Å²) in [7, 11) is 0. The zero-order valence-electron chi connectivity index (χ0n) is 9.39. The van der Waals surface area contributed by atoms with Gasteiger partial charge in [-0.25, -0.2) is 0 Å². The smallest absolute Gasteiger partial charge is 0.137 e. The molecule has 1 aromatic carbocycles. The highest BCUT2D eigenvalue weighted by Crippen LogP contribution is 2.15. The standard InChI is InChI=1S/C12H14ClN3/c1-9(2)16-8-14-15-12(16)7-10-4-3-5-11(13)6-10/h3-6,8-9H,7H2,1-2H3. The molecule has 0 radical (unpaired) electrons. The van der Waals surface area contributed by atoms with Crippen LogP contribution >= 0.6 is 11.6 Å². The van der Waals surface area contributed by atoms with Crippen LogP contribution in [0.15, 0.2) is 30.6 Å². The fraction of sp³-hybridized carbons (Fsp3) is 0.333. The van der Waals surface area contributed by atoms with Crippen molar-refractivity contribution in [2.24, 2.45) is 0 Å². The van der Waals surface area contributed by atoms with E-state index in [4.69, 9.17) is 11.6 Å². The Morgan fingerprint density at radius 2 is 2.19 bits per heavy atom. The molecule has 16 heavy (non-hydrogen) atoms. The lowest BCUT2D eigenvalue weighted by Crippen LogP contribution is -2.05. The highest BCUT2D eigenvalue weighted by Gasteiger charge is 2.07. The minimum Gasteiger partial charge on any atom is -0.315 e. The van der Waals surface area contributed by atoms with Crippen molar-refractivity contribution >= 4 is 11.6 Å². The van der Waals surface area contributed by atoms with Gasteiger partial charge in [0.25, 0.3) is 0 Å². The molecule has 3 nitrogen and oxygen atoms in total. The van der Waals surface area contributed by atoms with Gasteiger partial charge in [-0.05, 0) is 31.5 Å². The second-order valence-corrected chi connectivity index (χ2v) is 4.49. The molecule has 0 saturated carbocycles. The molecular formula is C12H14ClN3. The van der Waals surface area contributed by atoms with Gasteiger partial charge in [0.2, 0.25) is 0 Å². The van der Waals surface area contributed by atoms with Crippen LogP contribution < -0.4 is 0 Å². The lowest BCUT2D eigenvalue weighted by molar-refractivity contribution is 0.574. The molecular weight excluding hydrogens is 222 g/mol. The zero-order valence-corrected chi connectivity index (χ0v) is 10.1. The number of nitrogens with zero attached hydrogens (tertiary/aromatic N) is 3. The fourth-order valence-corrected chi connectivity index (χ4v) is 1.87. The largest absolute Gasteiger partial charge is 0.315 e. The molecule has 1 aromatic heterocycles. The van der Waals surface area contributed by atoms with E-state index in [1.54, 1.807) is 6.33 Å². The average Bonchev–Trinajstić information content (AvgIpc) is 2.66. The van der Waals surface area contributed by atoms with E-state index in [1.165, 1.54) is 0 Å². The predicted molar refractivity (Wildman–Crippen MR) is 64.7 cm³/mol. The summed E-state index contributed by atoms with van der Waals surface area (Å²) in [4.78, 5) is 0. The molecule has 0 unspecified atom stereocenters. The first-order chi connectivity index (χ1) is 7.66. The Labute approximate surface area is 100 Å². The van der Waals surface area contributed by atoms with Crippen LogP contribution in [0, 0.1) is 0 Å². The highest BCUT2D eigenvalue weighted by molar-refractivity contribution is 6.30. The first-order valence-corrected chi connectivity index (χ1v) is 5.67. The van der Waals surface area contributed by atoms with Crippen molar-refractivity contribution < 1.29 is 0 Å². The Balaban J connectivity index is 2.24. The molecule has 0 aliphatic heterocycles. The monoisotopic (exact) mass is 235 g/mol. The average molecular weight is 236 g/mol. The molecule has 0 aliphatic carbocycles. The van der Waals surface area contributed by atoms with Gasteiger partial charge >= 0.3 is 0 Å². The maximum absolute atomic E-state index is 5.94. The summed E-state index contributed by atoms with van der Waals surface area (Å²) in [6.45, 7) is 4.23. The first-order valence-electron chi connectivity index (χ1n) is 5.29. The van der Waals surface area contributed by atoms with Crippen molar-refractivity contribution in [3.05, 3.63) is 47.0 Å². The van der Waals surface area contributed by atoms with E-state index in [2.05, 4.69) is 28.6 Å². The lowest BCUT2D eigenvalue weighted by Gasteiger charge is -2.09. The Kier molecular flexibility index (Phi) is 3.25. The summed E-state index contributed by atoms with van der Waals surface area (Å²) in [5.74, 6) is 0.970. The second kappa shape index (κ2) is 4.66. The van der Waals surface area contributed by atoms with Gasteiger partial charge in [-0.15, -0.1) is 10.2 Å². The third-order valence-electron chi connectivity index (χ3n) is 2.45. The Morgan fingerprint density at radius 1 is 1.38 bits per heavy atom. The zero-order chi connectivity index (χ0) is 11.5. The Morgan fingerprint density at radius 3 is 2.88 bits per heavy atom. The minimum absolute atomic E-state index is 0.379. The van der Waals surface area contributed by atoms with Crippen molar-refractivity contribution in [2.75, 3.05) is 0 Å². The van der Waals surface area contributed by atoms with E-state index < -0.39 is 0 Å². The van der Waals surface area contributed by atoms with E-state index in [-0.39, 0.29) is 0 Å². The van der Waals surface area contributed by atoms with Gasteiger partial charge in [-0.1, -0.05) is 23.7 Å². The summed E-state index contributed by atoms with van der Waals surface area (Å²) in [5.41, 5.74) is 1.16. The molecule has 0 aliphatic rings. The van der Waals surface area contributed by atoms with Crippen LogP contribution in [0.25, 0.3) is 0 Å². The molecule has 0 spiro atoms. The van der Waals surface area contributed by atoms with Gasteiger partial charge in [0.1, 0.15) is 12.2 Å². The lowest BCUT2D eigenvalue weighted by atomic mass is 10.1. The molecule has 2 aromatic rings. The second-order valence-electron chi connectivity index (χ2n) is 4.05. The summed E-state index contributed by atoms with van der Waals surface area (Å²) >= 11 is 5.94. The minimum atomic E-state index is 0.379. The number of rotatable bonds is 3. The van der Waals surface area contributed by atoms with Gasteiger partial charge in [0, 0.05) is 17.5 Å². The Bertz CT molecular complexity index is 477. The van der Waals surface area contributed by atoms with Crippen LogP contribution in [0.3, 0.4) is 0 Å². The molecule has 0 fully saturated rings. The topological polar surface area (TPSA) is 30.7 Å². The maximum Gasteiger partial charge on any atom is 0.137 e. The highest BCUT2D eigenvalue weighted by atomic mass is 35.5. The Hall–Kier alpha value is -1.35. The van der Waals surface area contributed by atoms with E-state index in [1.807, 2.05) is 24.3 Å². The first kappa shape index (κ1) is 11.1. The molecule has 0 bridgehead atoms. The normalized spacial score (nSPS) is 11.0. The third-order valence-corrected chi connectivity index (χ3v) is 2.69. The van der Waals surface area contributed by atoms with Gasteiger partial charge in [0.05, 0.1) is 0 Å². The predicted octanol–water partition coefficient (Wildman–Crippen LogP) is 3.10. The van der Waals surface area contributed by atoms with Crippen LogP contribution in [0.1, 0.15) is 31.3 Å². The molecule has 2 rings (SSSR count). The van der Waals surface area contributed by atoms with Crippen LogP contribution in [-0.2, 0) is 6.42 Å². The van der Waals surface area contributed by atoms with Crippen LogP contribution in [-0.4, -0.2) is 14.8 Å². The summed E-state index contributed by atoms with van der Waals surface area (Å²) < 4.78 is 2.07. The number of halogens is 1. The van der Waals surface area contributed by atoms with Crippen molar-refractivity contribution in [1.29, 1.82) is 0 Å². The SMILES string of the molecule is CC(C)n1cnnc1Cc1cccc(Cl)c1. The van der Waals surface area contributed by atoms with E-state index in [0.717, 1.165) is 22.8 Å².